The number of ether oxygens (including phenoxy) is 1. The third kappa shape index (κ3) is 4.53. The van der Waals surface area contributed by atoms with E-state index in [1.165, 1.54) is 0 Å². The summed E-state index contributed by atoms with van der Waals surface area (Å²) in [5.74, 6) is 2.16. The third-order valence-corrected chi connectivity index (χ3v) is 5.56. The average Bonchev–Trinajstić information content (AvgIpc) is 3.03. The molecule has 0 atom stereocenters. The first-order chi connectivity index (χ1) is 12.6. The first kappa shape index (κ1) is 19.1. The summed E-state index contributed by atoms with van der Waals surface area (Å²) in [6.07, 6.45) is 0. The molecule has 4 nitrogen and oxygen atoms in total. The molecule has 0 aliphatic carbocycles. The Morgan fingerprint density at radius 2 is 1.88 bits per heavy atom. The molecule has 0 radical (unpaired) electrons. The Hall–Kier alpha value is -1.69. The predicted molar refractivity (Wildman–Crippen MR) is 107 cm³/mol. The van der Waals surface area contributed by atoms with Gasteiger partial charge >= 0.3 is 0 Å². The lowest BCUT2D eigenvalue weighted by molar-refractivity contribution is 0.288. The zero-order valence-electron chi connectivity index (χ0n) is 14.6. The molecule has 26 heavy (non-hydrogen) atoms. The van der Waals surface area contributed by atoms with Gasteiger partial charge in [0.1, 0.15) is 12.4 Å². The Balaban J connectivity index is 1.70. The van der Waals surface area contributed by atoms with E-state index in [4.69, 9.17) is 27.9 Å². The van der Waals surface area contributed by atoms with E-state index < -0.39 is 0 Å². The van der Waals surface area contributed by atoms with Crippen LogP contribution in [-0.2, 0) is 18.9 Å². The molecule has 3 rings (SSSR count). The van der Waals surface area contributed by atoms with Crippen LogP contribution in [0.4, 0.5) is 0 Å². The Kier molecular flexibility index (Phi) is 6.46. The Morgan fingerprint density at radius 1 is 1.08 bits per heavy atom. The number of hydrogen-bond acceptors (Lipinski definition) is 4. The smallest absolute Gasteiger partial charge is 0.191 e. The van der Waals surface area contributed by atoms with Crippen LogP contribution in [0, 0.1) is 6.92 Å². The molecule has 1 aromatic heterocycles. The zero-order valence-corrected chi connectivity index (χ0v) is 16.9. The lowest BCUT2D eigenvalue weighted by Crippen LogP contribution is -2.07. The molecule has 0 bridgehead atoms. The molecule has 0 aliphatic heterocycles. The van der Waals surface area contributed by atoms with Crippen LogP contribution in [0.1, 0.15) is 23.9 Å². The standard InChI is InChI=1S/C19H19Cl2N3OS/c1-3-24-18(11-25-17-10-13(2)8-9-16(17)21)22-23-19(24)26-12-14-6-4-5-7-15(14)20/h4-10H,3,11-12H2,1-2H3. The van der Waals surface area contributed by atoms with E-state index >= 15 is 0 Å². The van der Waals surface area contributed by atoms with E-state index in [1.807, 2.05) is 54.0 Å². The monoisotopic (exact) mass is 407 g/mol. The number of thioether (sulfide) groups is 1. The van der Waals surface area contributed by atoms with E-state index in [0.717, 1.165) is 39.4 Å². The van der Waals surface area contributed by atoms with Gasteiger partial charge in [-0.2, -0.15) is 0 Å². The summed E-state index contributed by atoms with van der Waals surface area (Å²) in [7, 11) is 0. The lowest BCUT2D eigenvalue weighted by Gasteiger charge is -2.10. The van der Waals surface area contributed by atoms with Gasteiger partial charge in [0.15, 0.2) is 11.0 Å². The van der Waals surface area contributed by atoms with Gasteiger partial charge in [-0.25, -0.2) is 0 Å². The summed E-state index contributed by atoms with van der Waals surface area (Å²) in [6, 6.07) is 13.5. The second-order valence-electron chi connectivity index (χ2n) is 5.75. The van der Waals surface area contributed by atoms with E-state index in [0.29, 0.717) is 17.4 Å². The molecular formula is C19H19Cl2N3OS. The highest BCUT2D eigenvalue weighted by Crippen LogP contribution is 2.28. The summed E-state index contributed by atoms with van der Waals surface area (Å²) in [6.45, 7) is 5.14. The van der Waals surface area contributed by atoms with Crippen molar-refractivity contribution in [1.82, 2.24) is 14.8 Å². The molecule has 0 amide bonds. The summed E-state index contributed by atoms with van der Waals surface area (Å²) in [4.78, 5) is 0. The van der Waals surface area contributed by atoms with Crippen LogP contribution >= 0.6 is 35.0 Å². The third-order valence-electron chi connectivity index (χ3n) is 3.87. The van der Waals surface area contributed by atoms with E-state index in [1.54, 1.807) is 11.8 Å². The molecule has 0 saturated heterocycles. The van der Waals surface area contributed by atoms with Gasteiger partial charge in [0.05, 0.1) is 5.02 Å². The highest BCUT2D eigenvalue weighted by molar-refractivity contribution is 7.98. The van der Waals surface area contributed by atoms with E-state index in [9.17, 15) is 0 Å². The molecule has 0 unspecified atom stereocenters. The number of hydrogen-bond donors (Lipinski definition) is 0. The van der Waals surface area contributed by atoms with Crippen molar-refractivity contribution in [2.75, 3.05) is 0 Å². The molecule has 2 aromatic carbocycles. The van der Waals surface area contributed by atoms with Gasteiger partial charge in [-0.3, -0.25) is 0 Å². The number of nitrogens with zero attached hydrogens (tertiary/aromatic N) is 3. The first-order valence-electron chi connectivity index (χ1n) is 8.25. The second kappa shape index (κ2) is 8.80. The molecule has 0 fully saturated rings. The van der Waals surface area contributed by atoms with Crippen molar-refractivity contribution in [2.24, 2.45) is 0 Å². The van der Waals surface area contributed by atoms with Crippen molar-refractivity contribution in [1.29, 1.82) is 0 Å². The maximum atomic E-state index is 6.23. The van der Waals surface area contributed by atoms with Crippen molar-refractivity contribution in [3.05, 3.63) is 69.5 Å². The minimum absolute atomic E-state index is 0.316. The van der Waals surface area contributed by atoms with Crippen molar-refractivity contribution < 1.29 is 4.74 Å². The number of aryl methyl sites for hydroxylation is 1. The molecule has 136 valence electrons. The Bertz CT molecular complexity index is 898. The van der Waals surface area contributed by atoms with Crippen molar-refractivity contribution >= 4 is 35.0 Å². The van der Waals surface area contributed by atoms with Gasteiger partial charge in [0.25, 0.3) is 0 Å². The Labute approximate surface area is 167 Å². The van der Waals surface area contributed by atoms with E-state index in [2.05, 4.69) is 17.1 Å². The summed E-state index contributed by atoms with van der Waals surface area (Å²) < 4.78 is 7.90. The molecule has 0 N–H and O–H groups in total. The topological polar surface area (TPSA) is 39.9 Å². The SMILES string of the molecule is CCn1c(COc2cc(C)ccc2Cl)nnc1SCc1ccccc1Cl. The zero-order chi connectivity index (χ0) is 18.5. The molecule has 0 spiro atoms. The van der Waals surface area contributed by atoms with Crippen LogP contribution in [0.25, 0.3) is 0 Å². The maximum Gasteiger partial charge on any atom is 0.191 e. The summed E-state index contributed by atoms with van der Waals surface area (Å²) in [5, 5.41) is 10.8. The Morgan fingerprint density at radius 3 is 2.65 bits per heavy atom. The van der Waals surface area contributed by atoms with Crippen LogP contribution in [-0.4, -0.2) is 14.8 Å². The van der Waals surface area contributed by atoms with Crippen molar-refractivity contribution in [3.63, 3.8) is 0 Å². The highest BCUT2D eigenvalue weighted by atomic mass is 35.5. The first-order valence-corrected chi connectivity index (χ1v) is 10.00. The molecule has 0 saturated carbocycles. The van der Waals surface area contributed by atoms with Gasteiger partial charge in [-0.05, 0) is 43.2 Å². The van der Waals surface area contributed by atoms with Gasteiger partial charge in [-0.1, -0.05) is 59.2 Å². The quantitative estimate of drug-likeness (QED) is 0.465. The maximum absolute atomic E-state index is 6.23. The van der Waals surface area contributed by atoms with Gasteiger partial charge in [0, 0.05) is 17.3 Å². The fourth-order valence-corrected chi connectivity index (χ4v) is 3.95. The van der Waals surface area contributed by atoms with Crippen LogP contribution in [0.3, 0.4) is 0 Å². The van der Waals surface area contributed by atoms with Crippen LogP contribution in [0.15, 0.2) is 47.6 Å². The van der Waals surface area contributed by atoms with Gasteiger partial charge in [-0.15, -0.1) is 10.2 Å². The lowest BCUT2D eigenvalue weighted by atomic mass is 10.2. The number of benzene rings is 2. The average molecular weight is 408 g/mol. The fraction of sp³-hybridized carbons (Fsp3) is 0.263. The fourth-order valence-electron chi connectivity index (χ4n) is 2.47. The number of aromatic nitrogens is 3. The molecule has 0 aliphatic rings. The molecule has 1 heterocycles. The molecule has 3 aromatic rings. The second-order valence-corrected chi connectivity index (χ2v) is 7.50. The van der Waals surface area contributed by atoms with Gasteiger partial charge in [0.2, 0.25) is 0 Å². The highest BCUT2D eigenvalue weighted by Gasteiger charge is 2.13. The minimum atomic E-state index is 0.316. The molecular weight excluding hydrogens is 389 g/mol. The van der Waals surface area contributed by atoms with Crippen molar-refractivity contribution in [3.8, 4) is 5.75 Å². The largest absolute Gasteiger partial charge is 0.484 e. The number of rotatable bonds is 7. The number of halogens is 2. The normalized spacial score (nSPS) is 10.9. The van der Waals surface area contributed by atoms with Crippen LogP contribution < -0.4 is 4.74 Å². The van der Waals surface area contributed by atoms with Crippen LogP contribution in [0.5, 0.6) is 5.75 Å². The van der Waals surface area contributed by atoms with Gasteiger partial charge < -0.3 is 9.30 Å². The van der Waals surface area contributed by atoms with E-state index in [-0.39, 0.29) is 0 Å². The summed E-state index contributed by atoms with van der Waals surface area (Å²) >= 11 is 14.0. The van der Waals surface area contributed by atoms with Crippen molar-refractivity contribution in [2.45, 2.75) is 37.9 Å². The molecule has 7 heteroatoms. The minimum Gasteiger partial charge on any atom is -0.484 e. The van der Waals surface area contributed by atoms with Crippen LogP contribution in [0.2, 0.25) is 10.0 Å². The summed E-state index contributed by atoms with van der Waals surface area (Å²) in [5.41, 5.74) is 2.17. The predicted octanol–water partition coefficient (Wildman–Crippen LogP) is 5.78.